The lowest BCUT2D eigenvalue weighted by Crippen LogP contribution is -2.36. The average Bonchev–Trinajstić information content (AvgIpc) is 2.63. The quantitative estimate of drug-likeness (QED) is 0.891. The van der Waals surface area contributed by atoms with E-state index in [4.69, 9.17) is 0 Å². The number of carbonyl (C=O) groups excluding carboxylic acids is 2. The van der Waals surface area contributed by atoms with Crippen LogP contribution in [-0.2, 0) is 9.59 Å². The van der Waals surface area contributed by atoms with Gasteiger partial charge in [-0.25, -0.2) is 4.99 Å². The Bertz CT molecular complexity index is 844. The zero-order valence-electron chi connectivity index (χ0n) is 15.5. The smallest absolute Gasteiger partial charge is 0.253 e. The molecule has 2 amide bonds. The van der Waals surface area contributed by atoms with Gasteiger partial charge in [-0.05, 0) is 37.5 Å². The fourth-order valence-electron chi connectivity index (χ4n) is 3.61. The summed E-state index contributed by atoms with van der Waals surface area (Å²) in [5.74, 6) is -0.392. The summed E-state index contributed by atoms with van der Waals surface area (Å²) in [4.78, 5) is 29.2. The molecule has 0 radical (unpaired) electrons. The lowest BCUT2D eigenvalue weighted by molar-refractivity contribution is -0.119. The molecule has 0 saturated heterocycles. The molecule has 0 spiro atoms. The Labute approximate surface area is 154 Å². The van der Waals surface area contributed by atoms with Crippen molar-refractivity contribution in [2.45, 2.75) is 39.5 Å². The summed E-state index contributed by atoms with van der Waals surface area (Å²) < 4.78 is 0. The van der Waals surface area contributed by atoms with Crippen LogP contribution < -0.4 is 5.32 Å². The summed E-state index contributed by atoms with van der Waals surface area (Å²) in [6, 6.07) is 9.72. The number of nitrogens with zero attached hydrogens (tertiary/aromatic N) is 1. The Kier molecular flexibility index (Phi) is 5.31. The number of hydrogen-bond donors (Lipinski definition) is 1. The summed E-state index contributed by atoms with van der Waals surface area (Å²) in [6.07, 6.45) is 7.10. The first kappa shape index (κ1) is 18.1. The Balaban J connectivity index is 1.86. The Morgan fingerprint density at radius 1 is 1.23 bits per heavy atom. The summed E-state index contributed by atoms with van der Waals surface area (Å²) >= 11 is 0. The Morgan fingerprint density at radius 3 is 2.62 bits per heavy atom. The van der Waals surface area contributed by atoms with Crippen LogP contribution in [0.3, 0.4) is 0 Å². The Hall–Kier alpha value is -2.75. The van der Waals surface area contributed by atoms with Crippen LogP contribution in [0.4, 0.5) is 0 Å². The number of carbonyl (C=O) groups is 2. The molecule has 2 unspecified atom stereocenters. The van der Waals surface area contributed by atoms with Crippen LogP contribution in [0.5, 0.6) is 0 Å². The lowest BCUT2D eigenvalue weighted by atomic mass is 9.84. The normalized spacial score (nSPS) is 22.0. The number of nitrogens with one attached hydrogen (secondary N) is 1. The van der Waals surface area contributed by atoms with Crippen molar-refractivity contribution < 1.29 is 9.59 Å². The van der Waals surface area contributed by atoms with Crippen molar-refractivity contribution in [2.24, 2.45) is 10.9 Å². The van der Waals surface area contributed by atoms with E-state index in [0.29, 0.717) is 18.6 Å². The van der Waals surface area contributed by atoms with Gasteiger partial charge in [0.1, 0.15) is 0 Å². The van der Waals surface area contributed by atoms with Crippen LogP contribution in [-0.4, -0.2) is 17.5 Å². The lowest BCUT2D eigenvalue weighted by Gasteiger charge is -2.29. The molecule has 1 aliphatic carbocycles. The van der Waals surface area contributed by atoms with E-state index in [1.807, 2.05) is 69.3 Å². The number of fused-ring (bicyclic) bond motifs is 1. The van der Waals surface area contributed by atoms with Crippen molar-refractivity contribution >= 4 is 17.5 Å². The first-order valence-corrected chi connectivity index (χ1v) is 9.13. The van der Waals surface area contributed by atoms with E-state index in [1.165, 1.54) is 0 Å². The molecule has 2 atom stereocenters. The molecular weight excluding hydrogens is 324 g/mol. The van der Waals surface area contributed by atoms with Gasteiger partial charge in [-0.1, -0.05) is 55.8 Å². The standard InChI is InChI=1S/C22H24N2O2/c1-4-17-14(3)19-12-11-16(13-20(19)24-21(17)25)23-22(26)18(5-2)15-9-7-6-8-10-15/h6-13,18-19H,4-5H2,1-3H3,(H,24,25). The van der Waals surface area contributed by atoms with E-state index < -0.39 is 0 Å². The first-order valence-electron chi connectivity index (χ1n) is 9.13. The zero-order valence-corrected chi connectivity index (χ0v) is 15.5. The number of aliphatic imine (C=N–C) groups is 1. The molecule has 1 N–H and O–H groups in total. The predicted octanol–water partition coefficient (Wildman–Crippen LogP) is 4.07. The Morgan fingerprint density at radius 2 is 1.96 bits per heavy atom. The average molecular weight is 348 g/mol. The molecule has 0 saturated carbocycles. The minimum absolute atomic E-state index is 0.0517. The monoisotopic (exact) mass is 348 g/mol. The number of amides is 2. The van der Waals surface area contributed by atoms with Crippen LogP contribution in [0, 0.1) is 5.92 Å². The van der Waals surface area contributed by atoms with Gasteiger partial charge in [-0.15, -0.1) is 0 Å². The molecule has 0 fully saturated rings. The summed E-state index contributed by atoms with van der Waals surface area (Å²) in [5, 5.41) is 2.95. The van der Waals surface area contributed by atoms with Gasteiger partial charge in [0.05, 0.1) is 11.6 Å². The highest BCUT2D eigenvalue weighted by atomic mass is 16.2. The van der Waals surface area contributed by atoms with Crippen LogP contribution in [0.25, 0.3) is 0 Å². The second kappa shape index (κ2) is 7.65. The summed E-state index contributed by atoms with van der Waals surface area (Å²) in [6.45, 7) is 5.97. The third-order valence-corrected chi connectivity index (χ3v) is 5.07. The highest BCUT2D eigenvalue weighted by Crippen LogP contribution is 2.31. The molecule has 0 bridgehead atoms. The second-order valence-corrected chi connectivity index (χ2v) is 6.65. The van der Waals surface area contributed by atoms with Gasteiger partial charge >= 0.3 is 0 Å². The van der Waals surface area contributed by atoms with Gasteiger partial charge < -0.3 is 5.32 Å². The van der Waals surface area contributed by atoms with Crippen LogP contribution in [0.15, 0.2) is 70.4 Å². The van der Waals surface area contributed by atoms with Crippen LogP contribution in [0.1, 0.15) is 45.1 Å². The van der Waals surface area contributed by atoms with Gasteiger partial charge in [0.25, 0.3) is 11.8 Å². The number of allylic oxidation sites excluding steroid dienone is 3. The third-order valence-electron chi connectivity index (χ3n) is 5.07. The van der Waals surface area contributed by atoms with Crippen molar-refractivity contribution in [3.63, 3.8) is 0 Å². The molecule has 1 aliphatic heterocycles. The van der Waals surface area contributed by atoms with E-state index in [0.717, 1.165) is 22.4 Å². The van der Waals surface area contributed by atoms with Crippen molar-refractivity contribution in [3.8, 4) is 0 Å². The van der Waals surface area contributed by atoms with Crippen LogP contribution >= 0.6 is 0 Å². The van der Waals surface area contributed by atoms with Crippen molar-refractivity contribution in [2.75, 3.05) is 0 Å². The highest BCUT2D eigenvalue weighted by Gasteiger charge is 2.29. The fourth-order valence-corrected chi connectivity index (χ4v) is 3.61. The zero-order chi connectivity index (χ0) is 18.7. The molecule has 0 aromatic heterocycles. The molecule has 1 heterocycles. The molecule has 1 aromatic rings. The van der Waals surface area contributed by atoms with Gasteiger partial charge in [0.2, 0.25) is 0 Å². The van der Waals surface area contributed by atoms with Gasteiger partial charge in [0, 0.05) is 17.2 Å². The summed E-state index contributed by atoms with van der Waals surface area (Å²) in [7, 11) is 0. The van der Waals surface area contributed by atoms with E-state index in [9.17, 15) is 9.59 Å². The maximum atomic E-state index is 12.7. The SMILES string of the molecule is CCC1=C(C)C2C=CC(=NC(=O)C(CC)c3ccccc3)C=C2NC1=O. The highest BCUT2D eigenvalue weighted by molar-refractivity contribution is 6.12. The molecular formula is C22H24N2O2. The van der Waals surface area contributed by atoms with Crippen molar-refractivity contribution in [1.29, 1.82) is 0 Å². The molecule has 4 nitrogen and oxygen atoms in total. The van der Waals surface area contributed by atoms with Gasteiger partial charge in [-0.2, -0.15) is 0 Å². The maximum Gasteiger partial charge on any atom is 0.253 e. The van der Waals surface area contributed by atoms with Crippen molar-refractivity contribution in [3.05, 3.63) is 71.0 Å². The molecule has 134 valence electrons. The number of benzene rings is 1. The molecule has 2 aliphatic rings. The molecule has 26 heavy (non-hydrogen) atoms. The number of hydrogen-bond acceptors (Lipinski definition) is 2. The van der Waals surface area contributed by atoms with E-state index in [-0.39, 0.29) is 23.7 Å². The minimum atomic E-state index is -0.248. The van der Waals surface area contributed by atoms with Crippen molar-refractivity contribution in [1.82, 2.24) is 5.32 Å². The van der Waals surface area contributed by atoms with E-state index >= 15 is 0 Å². The molecule has 1 aromatic carbocycles. The van der Waals surface area contributed by atoms with Crippen LogP contribution in [0.2, 0.25) is 0 Å². The fraction of sp³-hybridized carbons (Fsp3) is 0.318. The van der Waals surface area contributed by atoms with Gasteiger partial charge in [0.15, 0.2) is 0 Å². The third kappa shape index (κ3) is 3.45. The minimum Gasteiger partial charge on any atom is -0.325 e. The largest absolute Gasteiger partial charge is 0.325 e. The molecule has 3 rings (SSSR count). The predicted molar refractivity (Wildman–Crippen MR) is 104 cm³/mol. The van der Waals surface area contributed by atoms with Gasteiger partial charge in [-0.3, -0.25) is 9.59 Å². The van der Waals surface area contributed by atoms with E-state index in [2.05, 4.69) is 10.3 Å². The molecule has 4 heteroatoms. The second-order valence-electron chi connectivity index (χ2n) is 6.65. The summed E-state index contributed by atoms with van der Waals surface area (Å²) in [5.41, 5.74) is 4.27. The van der Waals surface area contributed by atoms with E-state index in [1.54, 1.807) is 0 Å². The first-order chi connectivity index (χ1) is 12.5. The topological polar surface area (TPSA) is 58.5 Å². The maximum absolute atomic E-state index is 12.7. The number of rotatable bonds is 4.